The van der Waals surface area contributed by atoms with E-state index in [1.54, 1.807) is 29.2 Å². The molecule has 2 amide bonds. The van der Waals surface area contributed by atoms with Gasteiger partial charge in [0, 0.05) is 36.7 Å². The predicted octanol–water partition coefficient (Wildman–Crippen LogP) is 2.82. The molecule has 3 aromatic rings. The van der Waals surface area contributed by atoms with Crippen LogP contribution < -0.4 is 10.9 Å². The van der Waals surface area contributed by atoms with E-state index in [2.05, 4.69) is 5.32 Å². The summed E-state index contributed by atoms with van der Waals surface area (Å²) in [5.41, 5.74) is 1.84. The van der Waals surface area contributed by atoms with Crippen molar-refractivity contribution in [2.45, 2.75) is 12.8 Å². The molecule has 0 bridgehead atoms. The smallest absolute Gasteiger partial charge is 0.336 e. The van der Waals surface area contributed by atoms with Crippen LogP contribution in [0.2, 0.25) is 0 Å². The fourth-order valence-corrected chi connectivity index (χ4v) is 3.47. The van der Waals surface area contributed by atoms with Gasteiger partial charge in [-0.2, -0.15) is 0 Å². The highest BCUT2D eigenvalue weighted by Gasteiger charge is 2.34. The quantitative estimate of drug-likeness (QED) is 0.695. The summed E-state index contributed by atoms with van der Waals surface area (Å²) < 4.78 is 5.09. The van der Waals surface area contributed by atoms with E-state index in [4.69, 9.17) is 4.42 Å². The minimum Gasteiger partial charge on any atom is -0.423 e. The van der Waals surface area contributed by atoms with Crippen LogP contribution in [0, 0.1) is 5.92 Å². The van der Waals surface area contributed by atoms with E-state index in [-0.39, 0.29) is 24.2 Å². The second-order valence-corrected chi connectivity index (χ2v) is 6.97. The summed E-state index contributed by atoms with van der Waals surface area (Å²) in [7, 11) is 0. The van der Waals surface area contributed by atoms with Crippen LogP contribution in [0.1, 0.15) is 12.0 Å². The summed E-state index contributed by atoms with van der Waals surface area (Å²) >= 11 is 0. The molecule has 6 heteroatoms. The third-order valence-electron chi connectivity index (χ3n) is 4.99. The lowest BCUT2D eigenvalue weighted by Gasteiger charge is -2.16. The fourth-order valence-electron chi connectivity index (χ4n) is 3.47. The Balaban J connectivity index is 1.38. The first-order chi connectivity index (χ1) is 13.6. The zero-order valence-electron chi connectivity index (χ0n) is 15.3. The number of fused-ring (bicyclic) bond motifs is 1. The van der Waals surface area contributed by atoms with Crippen LogP contribution in [-0.2, 0) is 16.0 Å². The molecular formula is C22H20N2O4. The van der Waals surface area contributed by atoms with Gasteiger partial charge in [-0.15, -0.1) is 0 Å². The Morgan fingerprint density at radius 2 is 1.89 bits per heavy atom. The number of amides is 2. The summed E-state index contributed by atoms with van der Waals surface area (Å²) in [6, 6.07) is 18.1. The average Bonchev–Trinajstić information content (AvgIpc) is 3.08. The molecule has 1 fully saturated rings. The van der Waals surface area contributed by atoms with Crippen LogP contribution in [0.3, 0.4) is 0 Å². The number of nitrogens with zero attached hydrogens (tertiary/aromatic N) is 1. The molecule has 6 nitrogen and oxygen atoms in total. The molecule has 1 saturated heterocycles. The van der Waals surface area contributed by atoms with Crippen LogP contribution in [0.4, 0.5) is 5.69 Å². The summed E-state index contributed by atoms with van der Waals surface area (Å²) in [6.45, 7) is 1.04. The molecular weight excluding hydrogens is 356 g/mol. The van der Waals surface area contributed by atoms with Crippen molar-refractivity contribution in [2.24, 2.45) is 5.92 Å². The Morgan fingerprint density at radius 3 is 2.71 bits per heavy atom. The van der Waals surface area contributed by atoms with E-state index >= 15 is 0 Å². The summed E-state index contributed by atoms with van der Waals surface area (Å²) in [5, 5.41) is 3.59. The van der Waals surface area contributed by atoms with Gasteiger partial charge < -0.3 is 14.6 Å². The van der Waals surface area contributed by atoms with Gasteiger partial charge in [-0.05, 0) is 36.2 Å². The molecule has 1 atom stereocenters. The molecule has 1 aliphatic heterocycles. The number of carbonyl (C=O) groups excluding carboxylic acids is 2. The van der Waals surface area contributed by atoms with E-state index in [9.17, 15) is 14.4 Å². The maximum absolute atomic E-state index is 12.6. The minimum absolute atomic E-state index is 0.0105. The number of anilines is 1. The Kier molecular flexibility index (Phi) is 4.93. The van der Waals surface area contributed by atoms with E-state index in [1.165, 1.54) is 11.6 Å². The molecule has 2 heterocycles. The van der Waals surface area contributed by atoms with Gasteiger partial charge in [0.05, 0.1) is 5.92 Å². The molecule has 0 spiro atoms. The molecule has 0 unspecified atom stereocenters. The Labute approximate surface area is 161 Å². The highest BCUT2D eigenvalue weighted by atomic mass is 16.4. The third-order valence-corrected chi connectivity index (χ3v) is 4.99. The molecule has 1 aromatic heterocycles. The molecule has 0 radical (unpaired) electrons. The van der Waals surface area contributed by atoms with Crippen LogP contribution in [0.25, 0.3) is 11.0 Å². The topological polar surface area (TPSA) is 79.6 Å². The number of benzene rings is 2. The number of hydrogen-bond acceptors (Lipinski definition) is 4. The zero-order chi connectivity index (χ0) is 19.5. The molecule has 28 heavy (non-hydrogen) atoms. The maximum atomic E-state index is 12.6. The summed E-state index contributed by atoms with van der Waals surface area (Å²) in [6.07, 6.45) is 1.000. The largest absolute Gasteiger partial charge is 0.423 e. The van der Waals surface area contributed by atoms with Crippen molar-refractivity contribution in [3.05, 3.63) is 76.6 Å². The molecule has 4 rings (SSSR count). The van der Waals surface area contributed by atoms with Gasteiger partial charge in [-0.25, -0.2) is 4.79 Å². The highest BCUT2D eigenvalue weighted by molar-refractivity contribution is 5.98. The number of nitrogens with one attached hydrogen (secondary N) is 1. The number of carbonyl (C=O) groups is 2. The van der Waals surface area contributed by atoms with E-state index in [1.807, 2.05) is 30.3 Å². The van der Waals surface area contributed by atoms with Crippen molar-refractivity contribution < 1.29 is 14.0 Å². The first-order valence-corrected chi connectivity index (χ1v) is 9.25. The fraction of sp³-hybridized carbons (Fsp3) is 0.227. The lowest BCUT2D eigenvalue weighted by molar-refractivity contribution is -0.128. The van der Waals surface area contributed by atoms with Gasteiger partial charge in [0.2, 0.25) is 11.8 Å². The van der Waals surface area contributed by atoms with Crippen LogP contribution in [-0.4, -0.2) is 29.8 Å². The van der Waals surface area contributed by atoms with Gasteiger partial charge in [-0.3, -0.25) is 9.59 Å². The Hall–Kier alpha value is -3.41. The molecule has 2 aromatic carbocycles. The normalized spacial score (nSPS) is 16.5. The predicted molar refractivity (Wildman–Crippen MR) is 106 cm³/mol. The van der Waals surface area contributed by atoms with Gasteiger partial charge >= 0.3 is 5.63 Å². The Morgan fingerprint density at radius 1 is 1.07 bits per heavy atom. The van der Waals surface area contributed by atoms with Gasteiger partial charge in [0.25, 0.3) is 0 Å². The summed E-state index contributed by atoms with van der Waals surface area (Å²) in [5.74, 6) is -0.531. The van der Waals surface area contributed by atoms with Gasteiger partial charge in [-0.1, -0.05) is 30.3 Å². The van der Waals surface area contributed by atoms with E-state index in [0.717, 1.165) is 11.8 Å². The van der Waals surface area contributed by atoms with Crippen LogP contribution >= 0.6 is 0 Å². The summed E-state index contributed by atoms with van der Waals surface area (Å²) in [4.78, 5) is 37.9. The number of hydrogen-bond donors (Lipinski definition) is 1. The first-order valence-electron chi connectivity index (χ1n) is 9.25. The molecule has 0 saturated carbocycles. The van der Waals surface area contributed by atoms with Crippen LogP contribution in [0.15, 0.2) is 69.9 Å². The molecule has 1 N–H and O–H groups in total. The van der Waals surface area contributed by atoms with Gasteiger partial charge in [0.15, 0.2) is 0 Å². The third kappa shape index (κ3) is 3.96. The monoisotopic (exact) mass is 376 g/mol. The van der Waals surface area contributed by atoms with Crippen molar-refractivity contribution in [3.8, 4) is 0 Å². The number of likely N-dealkylation sites (tertiary alicyclic amines) is 1. The van der Waals surface area contributed by atoms with Crippen molar-refractivity contribution in [1.82, 2.24) is 4.90 Å². The highest BCUT2D eigenvalue weighted by Crippen LogP contribution is 2.22. The van der Waals surface area contributed by atoms with Crippen molar-refractivity contribution in [2.75, 3.05) is 18.4 Å². The van der Waals surface area contributed by atoms with Crippen molar-refractivity contribution in [1.29, 1.82) is 0 Å². The molecule has 142 valence electrons. The van der Waals surface area contributed by atoms with E-state index < -0.39 is 5.63 Å². The second-order valence-electron chi connectivity index (χ2n) is 6.97. The first kappa shape index (κ1) is 18.0. The van der Waals surface area contributed by atoms with E-state index in [0.29, 0.717) is 24.4 Å². The maximum Gasteiger partial charge on any atom is 0.336 e. The molecule has 1 aliphatic rings. The SMILES string of the molecule is O=C(Nc1ccc2oc(=O)ccc2c1)[C@H]1CC(=O)N(CCc2ccccc2)C1. The standard InChI is InChI=1S/C22H20N2O4/c25-20-13-17(14-24(20)11-10-15-4-2-1-3-5-15)22(27)23-18-7-8-19-16(12-18)6-9-21(26)28-19/h1-9,12,17H,10-11,13-14H2,(H,23,27)/t17-/m0/s1. The van der Waals surface area contributed by atoms with Crippen molar-refractivity contribution >= 4 is 28.5 Å². The second kappa shape index (κ2) is 7.68. The zero-order valence-corrected chi connectivity index (χ0v) is 15.3. The van der Waals surface area contributed by atoms with Crippen LogP contribution in [0.5, 0.6) is 0 Å². The average molecular weight is 376 g/mol. The van der Waals surface area contributed by atoms with Gasteiger partial charge in [0.1, 0.15) is 5.58 Å². The minimum atomic E-state index is -0.413. The Bertz CT molecular complexity index is 1070. The van der Waals surface area contributed by atoms with Crippen molar-refractivity contribution in [3.63, 3.8) is 0 Å². The molecule has 0 aliphatic carbocycles. The lowest BCUT2D eigenvalue weighted by Crippen LogP contribution is -2.30. The number of rotatable bonds is 5. The lowest BCUT2D eigenvalue weighted by atomic mass is 10.1.